The third-order valence-corrected chi connectivity index (χ3v) is 7.53. The Morgan fingerprint density at radius 3 is 2.61 bits per heavy atom. The van der Waals surface area contributed by atoms with Crippen LogP contribution in [-0.4, -0.2) is 49.2 Å². The van der Waals surface area contributed by atoms with Crippen LogP contribution in [0.4, 0.5) is 0 Å². The summed E-state index contributed by atoms with van der Waals surface area (Å²) in [6, 6.07) is 0. The molecule has 2 saturated heterocycles. The molecular formula is C28H48O5. The summed E-state index contributed by atoms with van der Waals surface area (Å²) in [6.45, 7) is 6.97. The summed E-state index contributed by atoms with van der Waals surface area (Å²) in [6.07, 6.45) is 23.1. The quantitative estimate of drug-likeness (QED) is 0.241. The molecule has 1 aliphatic carbocycles. The predicted molar refractivity (Wildman–Crippen MR) is 132 cm³/mol. The molecule has 0 amide bonds. The highest BCUT2D eigenvalue weighted by Gasteiger charge is 2.51. The lowest BCUT2D eigenvalue weighted by Gasteiger charge is -2.34. The smallest absolute Gasteiger partial charge is 0.172 e. The standard InChI is InChI=1S/C28H48O5/c1-3-4-10-17-27(2,33-26-14-9-12-21-30-26)18-15-24-16-19-28(31-22-23-32-28)25(24)13-8-6-5-7-11-20-29/h6,8,15,18,24-26,29H,3-5,7,9-14,16-17,19-23H2,1-2H3/t24-,25+,26?,27-/m0/s1. The molecule has 1 unspecified atom stereocenters. The van der Waals surface area contributed by atoms with Crippen molar-refractivity contribution in [1.82, 2.24) is 0 Å². The van der Waals surface area contributed by atoms with Gasteiger partial charge in [-0.3, -0.25) is 0 Å². The maximum absolute atomic E-state index is 8.98. The zero-order chi connectivity index (χ0) is 23.4. The molecule has 190 valence electrons. The SMILES string of the molecule is CCCCC[C@@](C)(C=C[C@H]1CCC2(OCCO2)[C@@H]1CC=CCCCCO)OC1CCCCO1. The van der Waals surface area contributed by atoms with E-state index in [-0.39, 0.29) is 18.5 Å². The second-order valence-corrected chi connectivity index (χ2v) is 10.3. The number of rotatable bonds is 14. The van der Waals surface area contributed by atoms with Gasteiger partial charge in [0.05, 0.1) is 18.8 Å². The molecule has 1 spiro atoms. The normalized spacial score (nSPS) is 29.5. The fourth-order valence-electron chi connectivity index (χ4n) is 5.57. The lowest BCUT2D eigenvalue weighted by molar-refractivity contribution is -0.208. The molecule has 1 saturated carbocycles. The summed E-state index contributed by atoms with van der Waals surface area (Å²) in [5, 5.41) is 8.98. The molecule has 0 aromatic carbocycles. The minimum atomic E-state index is -0.420. The Morgan fingerprint density at radius 1 is 1.03 bits per heavy atom. The Labute approximate surface area is 201 Å². The Balaban J connectivity index is 1.66. The molecule has 2 heterocycles. The van der Waals surface area contributed by atoms with Crippen LogP contribution < -0.4 is 0 Å². The van der Waals surface area contributed by atoms with Crippen LogP contribution in [0.3, 0.4) is 0 Å². The summed E-state index contributed by atoms with van der Waals surface area (Å²) >= 11 is 0. The van der Waals surface area contributed by atoms with Gasteiger partial charge >= 0.3 is 0 Å². The molecule has 0 aromatic rings. The van der Waals surface area contributed by atoms with Gasteiger partial charge in [0.2, 0.25) is 0 Å². The van der Waals surface area contributed by atoms with Crippen molar-refractivity contribution in [1.29, 1.82) is 0 Å². The fraction of sp³-hybridized carbons (Fsp3) is 0.857. The third kappa shape index (κ3) is 8.17. The molecule has 4 atom stereocenters. The average Bonchev–Trinajstić information content (AvgIpc) is 3.43. The van der Waals surface area contributed by atoms with E-state index in [0.717, 1.165) is 64.4 Å². The van der Waals surface area contributed by atoms with Gasteiger partial charge in [-0.05, 0) is 70.6 Å². The summed E-state index contributed by atoms with van der Waals surface area (Å²) < 4.78 is 24.9. The minimum Gasteiger partial charge on any atom is -0.396 e. The van der Waals surface area contributed by atoms with Crippen LogP contribution in [0, 0.1) is 11.8 Å². The van der Waals surface area contributed by atoms with Crippen molar-refractivity contribution in [3.05, 3.63) is 24.3 Å². The number of ether oxygens (including phenoxy) is 4. The minimum absolute atomic E-state index is 0.0795. The third-order valence-electron chi connectivity index (χ3n) is 7.53. The molecule has 0 aromatic heterocycles. The zero-order valence-electron chi connectivity index (χ0n) is 21.1. The zero-order valence-corrected chi connectivity index (χ0v) is 21.1. The molecular weight excluding hydrogens is 416 g/mol. The summed E-state index contributed by atoms with van der Waals surface area (Å²) in [5.41, 5.74) is -0.297. The Bertz CT molecular complexity index is 591. The van der Waals surface area contributed by atoms with Gasteiger partial charge in [0, 0.05) is 25.6 Å². The van der Waals surface area contributed by atoms with Crippen molar-refractivity contribution in [2.75, 3.05) is 26.4 Å². The van der Waals surface area contributed by atoms with Crippen molar-refractivity contribution < 1.29 is 24.1 Å². The van der Waals surface area contributed by atoms with E-state index in [1.165, 1.54) is 25.7 Å². The van der Waals surface area contributed by atoms with E-state index in [4.69, 9.17) is 24.1 Å². The summed E-state index contributed by atoms with van der Waals surface area (Å²) in [5.74, 6) is 0.332. The van der Waals surface area contributed by atoms with Crippen molar-refractivity contribution in [2.24, 2.45) is 11.8 Å². The molecule has 1 N–H and O–H groups in total. The first-order chi connectivity index (χ1) is 16.1. The Kier molecular flexibility index (Phi) is 11.4. The number of aliphatic hydroxyl groups is 1. The number of hydrogen-bond donors (Lipinski definition) is 1. The van der Waals surface area contributed by atoms with E-state index in [0.29, 0.717) is 25.0 Å². The van der Waals surface area contributed by atoms with E-state index in [1.807, 2.05) is 0 Å². The van der Waals surface area contributed by atoms with Gasteiger partial charge < -0.3 is 24.1 Å². The predicted octanol–water partition coefficient (Wildman–Crippen LogP) is 6.30. The molecule has 2 aliphatic heterocycles. The van der Waals surface area contributed by atoms with Gasteiger partial charge in [0.25, 0.3) is 0 Å². The average molecular weight is 465 g/mol. The van der Waals surface area contributed by atoms with E-state index in [1.54, 1.807) is 0 Å². The highest BCUT2D eigenvalue weighted by Crippen LogP contribution is 2.48. The largest absolute Gasteiger partial charge is 0.396 e. The van der Waals surface area contributed by atoms with E-state index >= 15 is 0 Å². The lowest BCUT2D eigenvalue weighted by Crippen LogP contribution is -2.37. The highest BCUT2D eigenvalue weighted by atomic mass is 16.7. The van der Waals surface area contributed by atoms with E-state index in [2.05, 4.69) is 38.2 Å². The van der Waals surface area contributed by atoms with Crippen molar-refractivity contribution in [3.8, 4) is 0 Å². The summed E-state index contributed by atoms with van der Waals surface area (Å²) in [7, 11) is 0. The maximum atomic E-state index is 8.98. The molecule has 0 radical (unpaired) electrons. The van der Waals surface area contributed by atoms with Crippen LogP contribution in [0.25, 0.3) is 0 Å². The van der Waals surface area contributed by atoms with Crippen LogP contribution in [0.2, 0.25) is 0 Å². The molecule has 0 bridgehead atoms. The molecule has 5 heteroatoms. The van der Waals surface area contributed by atoms with Crippen LogP contribution in [-0.2, 0) is 18.9 Å². The molecule has 3 fully saturated rings. The molecule has 3 rings (SSSR count). The number of hydrogen-bond acceptors (Lipinski definition) is 5. The van der Waals surface area contributed by atoms with Gasteiger partial charge in [0.1, 0.15) is 0 Å². The van der Waals surface area contributed by atoms with Crippen LogP contribution in [0.5, 0.6) is 0 Å². The number of aliphatic hydroxyl groups excluding tert-OH is 1. The highest BCUT2D eigenvalue weighted by molar-refractivity contribution is 5.09. The Hall–Kier alpha value is -0.720. The second kappa shape index (κ2) is 14.0. The van der Waals surface area contributed by atoms with Gasteiger partial charge in [-0.15, -0.1) is 0 Å². The number of allylic oxidation sites excluding steroid dienone is 3. The molecule has 3 aliphatic rings. The summed E-state index contributed by atoms with van der Waals surface area (Å²) in [4.78, 5) is 0. The second-order valence-electron chi connectivity index (χ2n) is 10.3. The van der Waals surface area contributed by atoms with Crippen LogP contribution in [0.15, 0.2) is 24.3 Å². The fourth-order valence-corrected chi connectivity index (χ4v) is 5.57. The van der Waals surface area contributed by atoms with Crippen LogP contribution in [0.1, 0.15) is 97.3 Å². The molecule has 5 nitrogen and oxygen atoms in total. The van der Waals surface area contributed by atoms with E-state index in [9.17, 15) is 0 Å². The first-order valence-electron chi connectivity index (χ1n) is 13.6. The van der Waals surface area contributed by atoms with Crippen molar-refractivity contribution >= 4 is 0 Å². The van der Waals surface area contributed by atoms with Gasteiger partial charge in [-0.25, -0.2) is 0 Å². The lowest BCUT2D eigenvalue weighted by atomic mass is 9.87. The van der Waals surface area contributed by atoms with E-state index < -0.39 is 5.79 Å². The maximum Gasteiger partial charge on any atom is 0.172 e. The monoisotopic (exact) mass is 464 g/mol. The van der Waals surface area contributed by atoms with Crippen LogP contribution >= 0.6 is 0 Å². The first kappa shape index (κ1) is 26.9. The Morgan fingerprint density at radius 2 is 1.88 bits per heavy atom. The van der Waals surface area contributed by atoms with Crippen molar-refractivity contribution in [2.45, 2.75) is 115 Å². The van der Waals surface area contributed by atoms with Gasteiger partial charge in [0.15, 0.2) is 12.1 Å². The number of unbranched alkanes of at least 4 members (excludes halogenated alkanes) is 4. The van der Waals surface area contributed by atoms with Gasteiger partial charge in [-0.1, -0.05) is 50.5 Å². The van der Waals surface area contributed by atoms with Crippen molar-refractivity contribution in [3.63, 3.8) is 0 Å². The van der Waals surface area contributed by atoms with Gasteiger partial charge in [-0.2, -0.15) is 0 Å². The molecule has 33 heavy (non-hydrogen) atoms. The first-order valence-corrected chi connectivity index (χ1v) is 13.6. The topological polar surface area (TPSA) is 57.2 Å².